The van der Waals surface area contributed by atoms with E-state index in [1.807, 2.05) is 12.1 Å². The van der Waals surface area contributed by atoms with Crippen LogP contribution < -0.4 is 0 Å². The maximum atomic E-state index is 5.35. The van der Waals surface area contributed by atoms with Gasteiger partial charge in [-0.1, -0.05) is 62.0 Å². The normalized spacial score (nSPS) is 11.9. The Morgan fingerprint density at radius 3 is 2.56 bits per heavy atom. The van der Waals surface area contributed by atoms with Gasteiger partial charge >= 0.3 is 0 Å². The van der Waals surface area contributed by atoms with Crippen LogP contribution in [0.5, 0.6) is 0 Å². The Morgan fingerprint density at radius 2 is 1.92 bits per heavy atom. The van der Waals surface area contributed by atoms with E-state index in [4.69, 9.17) is 4.52 Å². The lowest BCUT2D eigenvalue weighted by atomic mass is 9.97. The lowest BCUT2D eigenvalue weighted by molar-refractivity contribution is 0.319. The molecule has 7 heteroatoms. The van der Waals surface area contributed by atoms with Gasteiger partial charge in [-0.25, -0.2) is 0 Å². The van der Waals surface area contributed by atoms with Gasteiger partial charge in [-0.3, -0.25) is 0 Å². The zero-order valence-electron chi connectivity index (χ0n) is 15.3. The molecule has 0 N–H and O–H groups in total. The van der Waals surface area contributed by atoms with E-state index in [1.165, 1.54) is 5.56 Å². The summed E-state index contributed by atoms with van der Waals surface area (Å²) in [4.78, 5) is 4.48. The Kier molecular flexibility index (Phi) is 4.94. The van der Waals surface area contributed by atoms with E-state index in [-0.39, 0.29) is 5.41 Å². The van der Waals surface area contributed by atoms with Crippen LogP contribution in [0.4, 0.5) is 0 Å². The van der Waals surface area contributed by atoms with Gasteiger partial charge in [-0.05, 0) is 19.4 Å². The van der Waals surface area contributed by atoms with Crippen LogP contribution in [0.2, 0.25) is 0 Å². The molecule has 2 aromatic heterocycles. The van der Waals surface area contributed by atoms with Crippen molar-refractivity contribution >= 4 is 11.8 Å². The maximum Gasteiger partial charge on any atom is 0.232 e. The van der Waals surface area contributed by atoms with E-state index >= 15 is 0 Å². The van der Waals surface area contributed by atoms with Crippen molar-refractivity contribution in [2.45, 2.75) is 57.5 Å². The van der Waals surface area contributed by atoms with E-state index in [0.29, 0.717) is 17.5 Å². The van der Waals surface area contributed by atoms with Crippen LogP contribution in [0.1, 0.15) is 45.0 Å². The first kappa shape index (κ1) is 17.7. The highest BCUT2D eigenvalue weighted by Gasteiger charge is 2.22. The lowest BCUT2D eigenvalue weighted by Crippen LogP contribution is -2.11. The summed E-state index contributed by atoms with van der Waals surface area (Å²) in [6.45, 7) is 11.2. The molecule has 132 valence electrons. The highest BCUT2D eigenvalue weighted by atomic mass is 32.2. The van der Waals surface area contributed by atoms with Crippen molar-refractivity contribution < 1.29 is 4.52 Å². The number of nitrogens with zero attached hydrogens (tertiary/aromatic N) is 5. The molecule has 1 aromatic carbocycles. The van der Waals surface area contributed by atoms with E-state index in [0.717, 1.165) is 23.1 Å². The fraction of sp³-hybridized carbons (Fsp3) is 0.444. The van der Waals surface area contributed by atoms with Crippen LogP contribution >= 0.6 is 11.8 Å². The molecular weight excluding hydrogens is 334 g/mol. The molecule has 0 fully saturated rings. The molecule has 0 radical (unpaired) electrons. The van der Waals surface area contributed by atoms with E-state index in [1.54, 1.807) is 11.8 Å². The predicted octanol–water partition coefficient (Wildman–Crippen LogP) is 4.25. The van der Waals surface area contributed by atoms with Crippen LogP contribution in [0.15, 0.2) is 33.9 Å². The van der Waals surface area contributed by atoms with Gasteiger partial charge < -0.3 is 9.09 Å². The van der Waals surface area contributed by atoms with Crippen molar-refractivity contribution in [1.29, 1.82) is 0 Å². The summed E-state index contributed by atoms with van der Waals surface area (Å²) >= 11 is 1.57. The van der Waals surface area contributed by atoms with E-state index in [2.05, 4.69) is 71.7 Å². The van der Waals surface area contributed by atoms with Gasteiger partial charge in [0.2, 0.25) is 5.89 Å². The molecule has 0 spiro atoms. The van der Waals surface area contributed by atoms with Gasteiger partial charge in [-0.15, -0.1) is 10.2 Å². The molecule has 2 heterocycles. The minimum atomic E-state index is -0.142. The average Bonchev–Trinajstić information content (AvgIpc) is 3.19. The minimum Gasteiger partial charge on any atom is -0.339 e. The highest BCUT2D eigenvalue weighted by Crippen LogP contribution is 2.28. The molecule has 3 aromatic rings. The van der Waals surface area contributed by atoms with Crippen molar-refractivity contribution in [3.8, 4) is 11.4 Å². The fourth-order valence-corrected chi connectivity index (χ4v) is 3.30. The summed E-state index contributed by atoms with van der Waals surface area (Å²) < 4.78 is 7.47. The SMILES string of the molecule is CCn1c(SCc2noc(C(C)(C)C)n2)nnc1-c1ccccc1C. The van der Waals surface area contributed by atoms with Crippen LogP contribution in [0.3, 0.4) is 0 Å². The number of benzene rings is 1. The van der Waals surface area contributed by atoms with Crippen LogP contribution in [-0.2, 0) is 17.7 Å². The number of thioether (sulfide) groups is 1. The van der Waals surface area contributed by atoms with Gasteiger partial charge in [0.25, 0.3) is 0 Å². The molecule has 6 nitrogen and oxygen atoms in total. The molecule has 25 heavy (non-hydrogen) atoms. The zero-order chi connectivity index (χ0) is 18.0. The lowest BCUT2D eigenvalue weighted by Gasteiger charge is -2.10. The Hall–Kier alpha value is -2.15. The Labute approximate surface area is 152 Å². The molecule has 0 saturated carbocycles. The van der Waals surface area contributed by atoms with E-state index < -0.39 is 0 Å². The largest absolute Gasteiger partial charge is 0.339 e. The van der Waals surface area contributed by atoms with Crippen LogP contribution in [0, 0.1) is 6.92 Å². The monoisotopic (exact) mass is 357 g/mol. The first-order valence-corrected chi connectivity index (χ1v) is 9.33. The quantitative estimate of drug-likeness (QED) is 0.636. The molecule has 0 atom stereocenters. The van der Waals surface area contributed by atoms with Crippen molar-refractivity contribution in [2.75, 3.05) is 0 Å². The average molecular weight is 357 g/mol. The maximum absolute atomic E-state index is 5.35. The Bertz CT molecular complexity index is 862. The van der Waals surface area contributed by atoms with E-state index in [9.17, 15) is 0 Å². The number of aryl methyl sites for hydroxylation is 1. The minimum absolute atomic E-state index is 0.142. The number of aromatic nitrogens is 5. The molecule has 0 bridgehead atoms. The second-order valence-electron chi connectivity index (χ2n) is 6.92. The second-order valence-corrected chi connectivity index (χ2v) is 7.86. The highest BCUT2D eigenvalue weighted by molar-refractivity contribution is 7.98. The molecule has 0 aliphatic rings. The third-order valence-corrected chi connectivity index (χ3v) is 4.82. The summed E-state index contributed by atoms with van der Waals surface area (Å²) in [6.07, 6.45) is 0. The predicted molar refractivity (Wildman–Crippen MR) is 98.4 cm³/mol. The van der Waals surface area contributed by atoms with Gasteiger partial charge in [0.1, 0.15) is 0 Å². The molecule has 3 rings (SSSR count). The molecule has 0 aliphatic heterocycles. The number of rotatable bonds is 5. The molecule has 0 saturated heterocycles. The van der Waals surface area contributed by atoms with Crippen molar-refractivity contribution in [1.82, 2.24) is 24.9 Å². The smallest absolute Gasteiger partial charge is 0.232 e. The summed E-state index contributed by atoms with van der Waals surface area (Å²) in [5, 5.41) is 13.7. The third kappa shape index (κ3) is 3.76. The number of hydrogen-bond acceptors (Lipinski definition) is 6. The van der Waals surface area contributed by atoms with Crippen molar-refractivity contribution in [3.63, 3.8) is 0 Å². The first-order valence-electron chi connectivity index (χ1n) is 8.35. The van der Waals surface area contributed by atoms with Crippen LogP contribution in [-0.4, -0.2) is 24.9 Å². The summed E-state index contributed by atoms with van der Waals surface area (Å²) in [6, 6.07) is 8.22. The third-order valence-electron chi connectivity index (χ3n) is 3.86. The molecule has 0 unspecified atom stereocenters. The standard InChI is InChI=1S/C18H23N5OS/c1-6-23-15(13-10-8-7-9-12(13)2)20-21-17(23)25-11-14-19-16(24-22-14)18(3,4)5/h7-10H,6,11H2,1-5H3. The zero-order valence-corrected chi connectivity index (χ0v) is 16.1. The fourth-order valence-electron chi connectivity index (χ4n) is 2.45. The van der Waals surface area contributed by atoms with Gasteiger partial charge in [-0.2, -0.15) is 4.98 Å². The van der Waals surface area contributed by atoms with Gasteiger partial charge in [0.15, 0.2) is 16.8 Å². The summed E-state index contributed by atoms with van der Waals surface area (Å²) in [5.74, 6) is 2.83. The Balaban J connectivity index is 1.80. The topological polar surface area (TPSA) is 69.6 Å². The van der Waals surface area contributed by atoms with Gasteiger partial charge in [0.05, 0.1) is 5.75 Å². The molecular formula is C18H23N5OS. The first-order chi connectivity index (χ1) is 11.9. The van der Waals surface area contributed by atoms with Gasteiger partial charge in [0, 0.05) is 17.5 Å². The van der Waals surface area contributed by atoms with Crippen LogP contribution in [0.25, 0.3) is 11.4 Å². The Morgan fingerprint density at radius 1 is 1.16 bits per heavy atom. The van der Waals surface area contributed by atoms with Crippen molar-refractivity contribution in [3.05, 3.63) is 41.5 Å². The van der Waals surface area contributed by atoms with Crippen molar-refractivity contribution in [2.24, 2.45) is 0 Å². The molecule has 0 aliphatic carbocycles. The summed E-state index contributed by atoms with van der Waals surface area (Å²) in [5.41, 5.74) is 2.16. The number of hydrogen-bond donors (Lipinski definition) is 0. The second kappa shape index (κ2) is 7.00. The summed E-state index contributed by atoms with van der Waals surface area (Å²) in [7, 11) is 0. The molecule has 0 amide bonds.